The van der Waals surface area contributed by atoms with Crippen LogP contribution in [0.1, 0.15) is 36.5 Å². The van der Waals surface area contributed by atoms with E-state index in [2.05, 4.69) is 32.2 Å². The molecule has 0 spiro atoms. The fourth-order valence-corrected chi connectivity index (χ4v) is 5.89. The van der Waals surface area contributed by atoms with Crippen LogP contribution >= 0.6 is 15.9 Å². The topological polar surface area (TPSA) is 74.0 Å². The first-order valence-corrected chi connectivity index (χ1v) is 13.0. The van der Waals surface area contributed by atoms with Crippen molar-refractivity contribution in [3.05, 3.63) is 104 Å². The highest BCUT2D eigenvalue weighted by Crippen LogP contribution is 2.44. The van der Waals surface area contributed by atoms with Gasteiger partial charge in [-0.25, -0.2) is 13.8 Å². The average molecular weight is 578 g/mol. The fraction of sp³-hybridized carbons (Fsp3) is 0.276. The number of nitrogens with zero attached hydrogens (tertiary/aromatic N) is 4. The highest BCUT2D eigenvalue weighted by molar-refractivity contribution is 9.10. The Morgan fingerprint density at radius 1 is 1.08 bits per heavy atom. The van der Waals surface area contributed by atoms with Crippen molar-refractivity contribution in [1.82, 2.24) is 14.9 Å². The quantitative estimate of drug-likeness (QED) is 0.336. The van der Waals surface area contributed by atoms with Crippen LogP contribution in [0.15, 0.2) is 70.1 Å². The highest BCUT2D eigenvalue weighted by atomic mass is 79.9. The van der Waals surface area contributed by atoms with Gasteiger partial charge in [0.05, 0.1) is 16.7 Å². The summed E-state index contributed by atoms with van der Waals surface area (Å²) in [6.07, 6.45) is 0. The lowest BCUT2D eigenvalue weighted by Crippen LogP contribution is -2.66. The number of nitriles is 1. The maximum atomic E-state index is 14.0. The van der Waals surface area contributed by atoms with E-state index < -0.39 is 11.1 Å². The van der Waals surface area contributed by atoms with Crippen molar-refractivity contribution < 1.29 is 8.78 Å². The predicted molar refractivity (Wildman–Crippen MR) is 147 cm³/mol. The van der Waals surface area contributed by atoms with Crippen molar-refractivity contribution in [3.8, 4) is 6.07 Å². The molecule has 0 aliphatic carbocycles. The number of rotatable bonds is 4. The average Bonchev–Trinajstić information content (AvgIpc) is 2.90. The molecule has 0 saturated carbocycles. The molecule has 4 aromatic rings. The largest absolute Gasteiger partial charge is 0.359 e. The number of nitrogens with one attached hydrogen (secondary N) is 1. The Labute approximate surface area is 227 Å². The molecule has 1 aliphatic heterocycles. The minimum Gasteiger partial charge on any atom is -0.359 e. The number of pyridine rings is 2. The fourth-order valence-electron chi connectivity index (χ4n) is 5.58. The zero-order valence-corrected chi connectivity index (χ0v) is 22.8. The number of aromatic nitrogens is 2. The Balaban J connectivity index is 1.83. The predicted octanol–water partition coefficient (Wildman–Crippen LogP) is 5.23. The number of halogens is 3. The number of hydrogen-bond acceptors (Lipinski definition) is 5. The van der Waals surface area contributed by atoms with E-state index in [1.807, 2.05) is 13.8 Å². The van der Waals surface area contributed by atoms with Crippen LogP contribution in [0, 0.1) is 23.0 Å². The second-order valence-corrected chi connectivity index (χ2v) is 10.8. The number of fused-ring (bicyclic) bond motifs is 1. The number of anilines is 1. The number of aryl methyl sites for hydroxylation is 1. The minimum atomic E-state index is -0.767. The van der Waals surface area contributed by atoms with Gasteiger partial charge in [0.25, 0.3) is 5.56 Å². The summed E-state index contributed by atoms with van der Waals surface area (Å²) in [6.45, 7) is 5.03. The molecule has 5 rings (SSSR count). The lowest BCUT2D eigenvalue weighted by Gasteiger charge is -2.53. The van der Waals surface area contributed by atoms with Gasteiger partial charge in [0.15, 0.2) is 0 Å². The Morgan fingerprint density at radius 2 is 1.66 bits per heavy atom. The van der Waals surface area contributed by atoms with E-state index in [1.54, 1.807) is 43.4 Å². The van der Waals surface area contributed by atoms with Crippen LogP contribution in [-0.2, 0) is 7.05 Å². The van der Waals surface area contributed by atoms with E-state index in [1.165, 1.54) is 28.8 Å². The third-order valence-corrected chi connectivity index (χ3v) is 7.91. The lowest BCUT2D eigenvalue weighted by molar-refractivity contribution is 0.286. The second-order valence-electron chi connectivity index (χ2n) is 9.99. The lowest BCUT2D eigenvalue weighted by atomic mass is 9.73. The maximum Gasteiger partial charge on any atom is 0.270 e. The Morgan fingerprint density at radius 3 is 2.21 bits per heavy atom. The van der Waals surface area contributed by atoms with E-state index >= 15 is 0 Å². The first-order valence-electron chi connectivity index (χ1n) is 12.3. The summed E-state index contributed by atoms with van der Waals surface area (Å²) < 4.78 is 30.0. The summed E-state index contributed by atoms with van der Waals surface area (Å²) in [6, 6.07) is 18.3. The first-order chi connectivity index (χ1) is 18.1. The zero-order valence-electron chi connectivity index (χ0n) is 21.2. The highest BCUT2D eigenvalue weighted by Gasteiger charge is 2.46. The molecule has 2 aromatic carbocycles. The van der Waals surface area contributed by atoms with Crippen LogP contribution in [0.4, 0.5) is 14.5 Å². The van der Waals surface area contributed by atoms with Crippen molar-refractivity contribution in [2.45, 2.75) is 31.3 Å². The van der Waals surface area contributed by atoms with E-state index in [0.29, 0.717) is 34.4 Å². The SMILES string of the molecule is C[C@H]1CN(c2c(C#N)c(=O)n(C)c3ccc(Br)nc23)[C@](C)(C(c2ccc(F)cc2)c2ccc(F)cc2)CN1. The maximum absolute atomic E-state index is 14.0. The van der Waals surface area contributed by atoms with Crippen LogP contribution in [-0.4, -0.2) is 34.2 Å². The van der Waals surface area contributed by atoms with Gasteiger partial charge in [-0.2, -0.15) is 5.26 Å². The summed E-state index contributed by atoms with van der Waals surface area (Å²) in [5.41, 5.74) is 2.05. The summed E-state index contributed by atoms with van der Waals surface area (Å²) in [4.78, 5) is 20.2. The van der Waals surface area contributed by atoms with Crippen LogP contribution in [0.2, 0.25) is 0 Å². The Kier molecular flexibility index (Phi) is 6.80. The van der Waals surface area contributed by atoms with Gasteiger partial charge in [0.1, 0.15) is 33.4 Å². The van der Waals surface area contributed by atoms with Crippen molar-refractivity contribution in [2.24, 2.45) is 7.05 Å². The number of piperazine rings is 1. The third kappa shape index (κ3) is 4.38. The first kappa shape index (κ1) is 26.0. The van der Waals surface area contributed by atoms with Crippen molar-refractivity contribution in [1.29, 1.82) is 5.26 Å². The van der Waals surface area contributed by atoms with Gasteiger partial charge in [-0.1, -0.05) is 24.3 Å². The third-order valence-electron chi connectivity index (χ3n) is 7.47. The molecule has 6 nitrogen and oxygen atoms in total. The minimum absolute atomic E-state index is 0.00267. The van der Waals surface area contributed by atoms with Crippen LogP contribution in [0.25, 0.3) is 11.0 Å². The molecular formula is C29H26BrF2N5O. The van der Waals surface area contributed by atoms with Crippen LogP contribution in [0.3, 0.4) is 0 Å². The summed E-state index contributed by atoms with van der Waals surface area (Å²) >= 11 is 3.45. The molecule has 1 aliphatic rings. The Bertz CT molecular complexity index is 1570. The molecule has 1 N–H and O–H groups in total. The normalized spacial score (nSPS) is 19.6. The van der Waals surface area contributed by atoms with E-state index in [-0.39, 0.29) is 29.2 Å². The van der Waals surface area contributed by atoms with Gasteiger partial charge in [-0.15, -0.1) is 0 Å². The summed E-state index contributed by atoms with van der Waals surface area (Å²) in [7, 11) is 1.63. The van der Waals surface area contributed by atoms with E-state index in [4.69, 9.17) is 4.98 Å². The summed E-state index contributed by atoms with van der Waals surface area (Å²) in [5, 5.41) is 13.8. The van der Waals surface area contributed by atoms with Crippen LogP contribution < -0.4 is 15.8 Å². The second kappa shape index (κ2) is 9.93. The molecule has 1 saturated heterocycles. The van der Waals surface area contributed by atoms with Gasteiger partial charge < -0.3 is 14.8 Å². The molecule has 2 aromatic heterocycles. The summed E-state index contributed by atoms with van der Waals surface area (Å²) in [5.74, 6) is -1.09. The number of benzene rings is 2. The molecule has 38 heavy (non-hydrogen) atoms. The monoisotopic (exact) mass is 577 g/mol. The molecule has 0 radical (unpaired) electrons. The van der Waals surface area contributed by atoms with Gasteiger partial charge in [-0.3, -0.25) is 4.79 Å². The van der Waals surface area contributed by atoms with Crippen LogP contribution in [0.5, 0.6) is 0 Å². The van der Waals surface area contributed by atoms with Gasteiger partial charge in [0, 0.05) is 32.1 Å². The molecule has 194 valence electrons. The molecule has 1 fully saturated rings. The molecule has 3 heterocycles. The van der Waals surface area contributed by atoms with Crippen molar-refractivity contribution in [2.75, 3.05) is 18.0 Å². The van der Waals surface area contributed by atoms with Gasteiger partial charge in [-0.05, 0) is 77.3 Å². The van der Waals surface area contributed by atoms with E-state index in [9.17, 15) is 18.8 Å². The van der Waals surface area contributed by atoms with Gasteiger partial charge in [0.2, 0.25) is 0 Å². The van der Waals surface area contributed by atoms with Gasteiger partial charge >= 0.3 is 0 Å². The molecular weight excluding hydrogens is 552 g/mol. The molecule has 0 amide bonds. The van der Waals surface area contributed by atoms with E-state index in [0.717, 1.165) is 11.1 Å². The van der Waals surface area contributed by atoms with Crippen molar-refractivity contribution >= 4 is 32.7 Å². The molecule has 0 unspecified atom stereocenters. The van der Waals surface area contributed by atoms with Crippen molar-refractivity contribution in [3.63, 3.8) is 0 Å². The molecule has 9 heteroatoms. The Hall–Kier alpha value is -3.61. The number of hydrogen-bond donors (Lipinski definition) is 1. The molecule has 2 atom stereocenters. The molecule has 0 bridgehead atoms. The smallest absolute Gasteiger partial charge is 0.270 e. The zero-order chi connectivity index (χ0) is 27.2. The standard InChI is InChI=1S/C29H26BrF2N5O/c1-17-15-37(27-22(14-33)28(38)36(3)23-12-13-24(30)35-26(23)27)29(2,16-34-17)25(18-4-8-20(31)9-5-18)19-6-10-21(32)11-7-19/h4-13,17,25,34H,15-16H2,1-3H3/t17-,29-/m0/s1.